The summed E-state index contributed by atoms with van der Waals surface area (Å²) in [6.07, 6.45) is 4.34. The molecule has 0 bridgehead atoms. The molecule has 1 saturated carbocycles. The molecule has 1 aromatic rings. The average molecular weight is 254 g/mol. The Hall–Kier alpha value is -1.01. The number of aliphatic hydroxyl groups excluding tert-OH is 1. The van der Waals surface area contributed by atoms with E-state index in [9.17, 15) is 0 Å². The van der Waals surface area contributed by atoms with Gasteiger partial charge in [0.25, 0.3) is 0 Å². The summed E-state index contributed by atoms with van der Waals surface area (Å²) in [4.78, 5) is 11.0. The maximum atomic E-state index is 9.12. The predicted molar refractivity (Wildman–Crippen MR) is 70.8 cm³/mol. The Morgan fingerprint density at radius 3 is 2.82 bits per heavy atom. The molecule has 6 heteroatoms. The van der Waals surface area contributed by atoms with Gasteiger partial charge in [0.15, 0.2) is 5.16 Å². The molecule has 2 rings (SSSR count). The maximum absolute atomic E-state index is 9.12. The molecule has 17 heavy (non-hydrogen) atoms. The van der Waals surface area contributed by atoms with Crippen molar-refractivity contribution in [1.29, 1.82) is 0 Å². The number of nitrogens with zero attached hydrogens (tertiary/aromatic N) is 3. The lowest BCUT2D eigenvalue weighted by Gasteiger charge is -2.23. The number of anilines is 2. The van der Waals surface area contributed by atoms with Crippen LogP contribution in [0.5, 0.6) is 0 Å². The molecule has 1 aromatic heterocycles. The van der Waals surface area contributed by atoms with E-state index in [1.807, 2.05) is 19.4 Å². The van der Waals surface area contributed by atoms with Crippen LogP contribution in [0.4, 0.5) is 11.6 Å². The minimum absolute atomic E-state index is 0.157. The molecule has 0 saturated heterocycles. The third-order valence-electron chi connectivity index (χ3n) is 2.75. The zero-order chi connectivity index (χ0) is 12.3. The lowest BCUT2D eigenvalue weighted by atomic mass is 10.4. The first kappa shape index (κ1) is 12.4. The number of hydrogen-bond donors (Lipinski definition) is 2. The lowest BCUT2D eigenvalue weighted by Crippen LogP contribution is -2.30. The summed E-state index contributed by atoms with van der Waals surface area (Å²) < 4.78 is 0. The first-order chi connectivity index (χ1) is 8.28. The van der Waals surface area contributed by atoms with Crippen LogP contribution in [0.2, 0.25) is 0 Å². The first-order valence-electron chi connectivity index (χ1n) is 5.76. The predicted octanol–water partition coefficient (Wildman–Crippen LogP) is 1.20. The molecule has 2 N–H and O–H groups in total. The van der Waals surface area contributed by atoms with E-state index >= 15 is 0 Å². The zero-order valence-electron chi connectivity index (χ0n) is 10.2. The number of thioether (sulfide) groups is 1. The minimum Gasteiger partial charge on any atom is -0.395 e. The molecule has 0 aromatic carbocycles. The number of aromatic nitrogens is 2. The molecule has 0 unspecified atom stereocenters. The van der Waals surface area contributed by atoms with Crippen LogP contribution in [0.3, 0.4) is 0 Å². The van der Waals surface area contributed by atoms with Crippen molar-refractivity contribution < 1.29 is 5.11 Å². The summed E-state index contributed by atoms with van der Waals surface area (Å²) in [5, 5.41) is 12.9. The minimum atomic E-state index is 0.157. The SMILES string of the molecule is CNc1cc(N(CCO)C2CC2)nc(SC)n1. The molecule has 0 atom stereocenters. The molecule has 0 radical (unpaired) electrons. The Balaban J connectivity index is 2.27. The van der Waals surface area contributed by atoms with E-state index < -0.39 is 0 Å². The van der Waals surface area contributed by atoms with Gasteiger partial charge in [-0.25, -0.2) is 9.97 Å². The highest BCUT2D eigenvalue weighted by Crippen LogP contribution is 2.31. The summed E-state index contributed by atoms with van der Waals surface area (Å²) in [6, 6.07) is 2.48. The van der Waals surface area contributed by atoms with Crippen molar-refractivity contribution in [2.24, 2.45) is 0 Å². The molecule has 0 spiro atoms. The summed E-state index contributed by atoms with van der Waals surface area (Å²) in [5.74, 6) is 1.73. The van der Waals surface area contributed by atoms with E-state index in [-0.39, 0.29) is 6.61 Å². The number of hydrogen-bond acceptors (Lipinski definition) is 6. The van der Waals surface area contributed by atoms with Crippen LogP contribution < -0.4 is 10.2 Å². The Morgan fingerprint density at radius 1 is 1.53 bits per heavy atom. The van der Waals surface area contributed by atoms with Crippen molar-refractivity contribution in [3.05, 3.63) is 6.07 Å². The Morgan fingerprint density at radius 2 is 2.29 bits per heavy atom. The van der Waals surface area contributed by atoms with Crippen molar-refractivity contribution in [2.75, 3.05) is 36.7 Å². The van der Waals surface area contributed by atoms with Crippen molar-refractivity contribution in [3.63, 3.8) is 0 Å². The highest BCUT2D eigenvalue weighted by atomic mass is 32.2. The van der Waals surface area contributed by atoms with Crippen LogP contribution >= 0.6 is 11.8 Å². The monoisotopic (exact) mass is 254 g/mol. The van der Waals surface area contributed by atoms with Gasteiger partial charge in [-0.2, -0.15) is 0 Å². The number of nitrogens with one attached hydrogen (secondary N) is 1. The van der Waals surface area contributed by atoms with Crippen LogP contribution in [0.25, 0.3) is 0 Å². The van der Waals surface area contributed by atoms with Gasteiger partial charge in [-0.1, -0.05) is 11.8 Å². The molecule has 0 aliphatic heterocycles. The quantitative estimate of drug-likeness (QED) is 0.587. The molecule has 1 heterocycles. The smallest absolute Gasteiger partial charge is 0.191 e. The third-order valence-corrected chi connectivity index (χ3v) is 3.30. The number of rotatable bonds is 6. The van der Waals surface area contributed by atoms with E-state index in [1.54, 1.807) is 0 Å². The highest BCUT2D eigenvalue weighted by Gasteiger charge is 2.30. The fourth-order valence-corrected chi connectivity index (χ4v) is 2.13. The third kappa shape index (κ3) is 3.01. The largest absolute Gasteiger partial charge is 0.395 e. The first-order valence-corrected chi connectivity index (χ1v) is 6.99. The fraction of sp³-hybridized carbons (Fsp3) is 0.636. The fourth-order valence-electron chi connectivity index (χ4n) is 1.76. The van der Waals surface area contributed by atoms with Crippen LogP contribution in [0.15, 0.2) is 11.2 Å². The molecule has 94 valence electrons. The summed E-state index contributed by atoms with van der Waals surface area (Å²) in [7, 11) is 1.85. The second-order valence-electron chi connectivity index (χ2n) is 4.00. The molecular formula is C11H18N4OS. The van der Waals surface area contributed by atoms with Crippen LogP contribution in [-0.4, -0.2) is 47.6 Å². The van der Waals surface area contributed by atoms with E-state index in [0.29, 0.717) is 12.6 Å². The maximum Gasteiger partial charge on any atom is 0.191 e. The number of aliphatic hydroxyl groups is 1. The molecule has 5 nitrogen and oxygen atoms in total. The average Bonchev–Trinajstić information content (AvgIpc) is 3.19. The van der Waals surface area contributed by atoms with Crippen LogP contribution in [0.1, 0.15) is 12.8 Å². The van der Waals surface area contributed by atoms with Gasteiger partial charge in [-0.05, 0) is 19.1 Å². The normalized spacial score (nSPS) is 14.8. The summed E-state index contributed by atoms with van der Waals surface area (Å²) in [5.41, 5.74) is 0. The topological polar surface area (TPSA) is 61.3 Å². The molecule has 1 aliphatic carbocycles. The van der Waals surface area contributed by atoms with Crippen molar-refractivity contribution in [2.45, 2.75) is 24.0 Å². The van der Waals surface area contributed by atoms with E-state index in [0.717, 1.165) is 16.8 Å². The standard InChI is InChI=1S/C11H18N4OS/c1-12-9-7-10(14-11(13-9)17-2)15(5-6-16)8-3-4-8/h7-8,16H,3-6H2,1-2H3,(H,12,13,14). The van der Waals surface area contributed by atoms with Gasteiger partial charge in [0.05, 0.1) is 6.61 Å². The van der Waals surface area contributed by atoms with Gasteiger partial charge in [-0.15, -0.1) is 0 Å². The summed E-state index contributed by atoms with van der Waals surface area (Å²) >= 11 is 1.53. The second kappa shape index (κ2) is 5.55. The van der Waals surface area contributed by atoms with Gasteiger partial charge in [-0.3, -0.25) is 0 Å². The Bertz CT molecular complexity index is 361. The molecule has 0 amide bonds. The van der Waals surface area contributed by atoms with Gasteiger partial charge in [0.2, 0.25) is 0 Å². The molecule has 1 aliphatic rings. The van der Waals surface area contributed by atoms with E-state index in [4.69, 9.17) is 5.11 Å². The van der Waals surface area contributed by atoms with Crippen LogP contribution in [-0.2, 0) is 0 Å². The Labute approximate surface area is 106 Å². The molecule has 1 fully saturated rings. The van der Waals surface area contributed by atoms with E-state index in [1.165, 1.54) is 24.6 Å². The van der Waals surface area contributed by atoms with Gasteiger partial charge < -0.3 is 15.3 Å². The van der Waals surface area contributed by atoms with Crippen molar-refractivity contribution in [3.8, 4) is 0 Å². The Kier molecular flexibility index (Phi) is 4.06. The van der Waals surface area contributed by atoms with E-state index in [2.05, 4.69) is 20.2 Å². The zero-order valence-corrected chi connectivity index (χ0v) is 11.0. The lowest BCUT2D eigenvalue weighted by molar-refractivity contribution is 0.301. The van der Waals surface area contributed by atoms with Crippen LogP contribution in [0, 0.1) is 0 Å². The van der Waals surface area contributed by atoms with Crippen molar-refractivity contribution in [1.82, 2.24) is 9.97 Å². The van der Waals surface area contributed by atoms with Gasteiger partial charge in [0.1, 0.15) is 11.6 Å². The van der Waals surface area contributed by atoms with Gasteiger partial charge in [0, 0.05) is 25.7 Å². The highest BCUT2D eigenvalue weighted by molar-refractivity contribution is 7.98. The molecular weight excluding hydrogens is 236 g/mol. The second-order valence-corrected chi connectivity index (χ2v) is 4.77. The van der Waals surface area contributed by atoms with Gasteiger partial charge >= 0.3 is 0 Å². The summed E-state index contributed by atoms with van der Waals surface area (Å²) in [6.45, 7) is 0.794. The van der Waals surface area contributed by atoms with Crippen molar-refractivity contribution >= 4 is 23.4 Å².